The van der Waals surface area contributed by atoms with Gasteiger partial charge in [-0.2, -0.15) is 0 Å². The molecule has 1 aliphatic carbocycles. The maximum absolute atomic E-state index is 13.4. The van der Waals surface area contributed by atoms with Crippen molar-refractivity contribution >= 4 is 5.78 Å². The van der Waals surface area contributed by atoms with Gasteiger partial charge in [0.15, 0.2) is 5.78 Å². The Labute approximate surface area is 115 Å². The Morgan fingerprint density at radius 3 is 2.53 bits per heavy atom. The quantitative estimate of drug-likeness (QED) is 0.704. The number of carbonyl (C=O) groups is 1. The summed E-state index contributed by atoms with van der Waals surface area (Å²) >= 11 is 0. The van der Waals surface area contributed by atoms with Crippen LogP contribution in [0.2, 0.25) is 0 Å². The van der Waals surface area contributed by atoms with E-state index in [0.29, 0.717) is 11.5 Å². The second kappa shape index (κ2) is 5.44. The molecule has 0 saturated heterocycles. The number of aryl methyl sites for hydroxylation is 1. The van der Waals surface area contributed by atoms with Gasteiger partial charge in [0, 0.05) is 11.0 Å². The van der Waals surface area contributed by atoms with E-state index >= 15 is 0 Å². The Kier molecular flexibility index (Phi) is 4.07. The molecule has 0 N–H and O–H groups in total. The highest BCUT2D eigenvalue weighted by Crippen LogP contribution is 2.45. The van der Waals surface area contributed by atoms with Gasteiger partial charge in [0.05, 0.1) is 0 Å². The summed E-state index contributed by atoms with van der Waals surface area (Å²) < 4.78 is 13.4. The van der Waals surface area contributed by atoms with Gasteiger partial charge < -0.3 is 0 Å². The highest BCUT2D eigenvalue weighted by molar-refractivity contribution is 6.01. The summed E-state index contributed by atoms with van der Waals surface area (Å²) in [6.07, 6.45) is 5.07. The second-order valence-electron chi connectivity index (χ2n) is 6.37. The number of hydrogen-bond acceptors (Lipinski definition) is 1. The number of carbonyl (C=O) groups excluding carboxylic acids is 1. The Morgan fingerprint density at radius 2 is 1.95 bits per heavy atom. The van der Waals surface area contributed by atoms with Crippen LogP contribution in [0.3, 0.4) is 0 Å². The van der Waals surface area contributed by atoms with Crippen molar-refractivity contribution in [2.75, 3.05) is 0 Å². The summed E-state index contributed by atoms with van der Waals surface area (Å²) in [6, 6.07) is 4.55. The van der Waals surface area contributed by atoms with Gasteiger partial charge >= 0.3 is 0 Å². The lowest BCUT2D eigenvalue weighted by Gasteiger charge is -2.30. The first kappa shape index (κ1) is 14.2. The molecule has 104 valence electrons. The molecule has 0 unspecified atom stereocenters. The molecular formula is C17H23FO. The molecule has 2 rings (SSSR count). The number of rotatable bonds is 4. The molecule has 0 aromatic heterocycles. The van der Waals surface area contributed by atoms with E-state index in [-0.39, 0.29) is 17.0 Å². The summed E-state index contributed by atoms with van der Waals surface area (Å²) in [6.45, 7) is 6.21. The van der Waals surface area contributed by atoms with Crippen molar-refractivity contribution in [1.82, 2.24) is 0 Å². The number of ketones is 1. The minimum Gasteiger partial charge on any atom is -0.294 e. The summed E-state index contributed by atoms with van der Waals surface area (Å²) in [4.78, 5) is 12.9. The fourth-order valence-electron chi connectivity index (χ4n) is 3.48. The van der Waals surface area contributed by atoms with Crippen LogP contribution < -0.4 is 0 Å². The van der Waals surface area contributed by atoms with E-state index in [9.17, 15) is 9.18 Å². The smallest absolute Gasteiger partial charge is 0.169 e. The van der Waals surface area contributed by atoms with Gasteiger partial charge in [0.2, 0.25) is 0 Å². The molecular weight excluding hydrogens is 239 g/mol. The van der Waals surface area contributed by atoms with E-state index in [1.807, 2.05) is 6.92 Å². The number of benzene rings is 1. The van der Waals surface area contributed by atoms with Crippen molar-refractivity contribution in [3.05, 3.63) is 35.1 Å². The highest BCUT2D eigenvalue weighted by Gasteiger charge is 2.42. The second-order valence-corrected chi connectivity index (χ2v) is 6.37. The largest absolute Gasteiger partial charge is 0.294 e. The topological polar surface area (TPSA) is 17.1 Å². The van der Waals surface area contributed by atoms with E-state index in [0.717, 1.165) is 37.7 Å². The molecule has 0 radical (unpaired) electrons. The lowest BCUT2D eigenvalue weighted by Crippen LogP contribution is -2.30. The van der Waals surface area contributed by atoms with E-state index in [1.165, 1.54) is 12.1 Å². The SMILES string of the molecule is Cc1ccc(F)cc1C(=O)C1(CC(C)C)CCCC1. The van der Waals surface area contributed by atoms with Crippen LogP contribution in [0, 0.1) is 24.1 Å². The van der Waals surface area contributed by atoms with Crippen molar-refractivity contribution in [3.63, 3.8) is 0 Å². The molecule has 1 aliphatic rings. The van der Waals surface area contributed by atoms with E-state index in [4.69, 9.17) is 0 Å². The number of hydrogen-bond donors (Lipinski definition) is 0. The zero-order valence-electron chi connectivity index (χ0n) is 12.1. The lowest BCUT2D eigenvalue weighted by atomic mass is 9.72. The third-order valence-electron chi connectivity index (χ3n) is 4.29. The highest BCUT2D eigenvalue weighted by atomic mass is 19.1. The van der Waals surface area contributed by atoms with Crippen LogP contribution in [0.15, 0.2) is 18.2 Å². The van der Waals surface area contributed by atoms with Crippen LogP contribution in [0.1, 0.15) is 61.9 Å². The maximum Gasteiger partial charge on any atom is 0.169 e. The van der Waals surface area contributed by atoms with Gasteiger partial charge in [0.1, 0.15) is 5.82 Å². The zero-order valence-corrected chi connectivity index (χ0v) is 12.1. The predicted octanol–water partition coefficient (Wildman–Crippen LogP) is 4.92. The van der Waals surface area contributed by atoms with Crippen LogP contribution in [0.25, 0.3) is 0 Å². The van der Waals surface area contributed by atoms with Gasteiger partial charge in [-0.05, 0) is 49.8 Å². The van der Waals surface area contributed by atoms with Crippen molar-refractivity contribution in [2.24, 2.45) is 11.3 Å². The Hall–Kier alpha value is -1.18. The minimum atomic E-state index is -0.313. The molecule has 2 heteroatoms. The molecule has 1 nitrogen and oxygen atoms in total. The first-order chi connectivity index (χ1) is 8.94. The molecule has 1 aromatic rings. The van der Waals surface area contributed by atoms with Crippen molar-refractivity contribution < 1.29 is 9.18 Å². The zero-order chi connectivity index (χ0) is 14.0. The monoisotopic (exact) mass is 262 g/mol. The lowest BCUT2D eigenvalue weighted by molar-refractivity contribution is 0.0758. The predicted molar refractivity (Wildman–Crippen MR) is 75.8 cm³/mol. The Balaban J connectivity index is 2.37. The van der Waals surface area contributed by atoms with Crippen LogP contribution in [-0.2, 0) is 0 Å². The van der Waals surface area contributed by atoms with E-state index < -0.39 is 0 Å². The molecule has 1 fully saturated rings. The minimum absolute atomic E-state index is 0.163. The van der Waals surface area contributed by atoms with Crippen molar-refractivity contribution in [1.29, 1.82) is 0 Å². The van der Waals surface area contributed by atoms with Gasteiger partial charge in [-0.15, -0.1) is 0 Å². The molecule has 19 heavy (non-hydrogen) atoms. The fraction of sp³-hybridized carbons (Fsp3) is 0.588. The van der Waals surface area contributed by atoms with Gasteiger partial charge in [-0.25, -0.2) is 4.39 Å². The molecule has 0 atom stereocenters. The number of halogens is 1. The van der Waals surface area contributed by atoms with Crippen molar-refractivity contribution in [3.8, 4) is 0 Å². The normalized spacial score (nSPS) is 17.9. The first-order valence-corrected chi connectivity index (χ1v) is 7.25. The molecule has 0 spiro atoms. The Bertz CT molecular complexity index is 470. The average molecular weight is 262 g/mol. The summed E-state index contributed by atoms with van der Waals surface area (Å²) in [5.74, 6) is 0.346. The molecule has 1 aromatic carbocycles. The fourth-order valence-corrected chi connectivity index (χ4v) is 3.48. The van der Waals surface area contributed by atoms with Crippen LogP contribution in [-0.4, -0.2) is 5.78 Å². The van der Waals surface area contributed by atoms with Gasteiger partial charge in [-0.3, -0.25) is 4.79 Å². The van der Waals surface area contributed by atoms with Crippen molar-refractivity contribution in [2.45, 2.75) is 52.9 Å². The van der Waals surface area contributed by atoms with E-state index in [2.05, 4.69) is 13.8 Å². The third-order valence-corrected chi connectivity index (χ3v) is 4.29. The first-order valence-electron chi connectivity index (χ1n) is 7.25. The number of Topliss-reactive ketones (excluding diaryl/α,β-unsaturated/α-hetero) is 1. The standard InChI is InChI=1S/C17H23FO/c1-12(2)11-17(8-4-5-9-17)16(19)15-10-14(18)7-6-13(15)3/h6-7,10,12H,4-5,8-9,11H2,1-3H3. The molecule has 1 saturated carbocycles. The molecule has 0 aliphatic heterocycles. The van der Waals surface area contributed by atoms with Crippen LogP contribution >= 0.6 is 0 Å². The molecule has 0 heterocycles. The average Bonchev–Trinajstić information content (AvgIpc) is 2.80. The Morgan fingerprint density at radius 1 is 1.32 bits per heavy atom. The van der Waals surface area contributed by atoms with E-state index in [1.54, 1.807) is 6.07 Å². The molecule has 0 amide bonds. The van der Waals surface area contributed by atoms with Gasteiger partial charge in [-0.1, -0.05) is 32.8 Å². The van der Waals surface area contributed by atoms with Crippen LogP contribution in [0.4, 0.5) is 4.39 Å². The maximum atomic E-state index is 13.4. The van der Waals surface area contributed by atoms with Gasteiger partial charge in [0.25, 0.3) is 0 Å². The third kappa shape index (κ3) is 2.88. The summed E-state index contributed by atoms with van der Waals surface area (Å²) in [5, 5.41) is 0. The molecule has 0 bridgehead atoms. The summed E-state index contributed by atoms with van der Waals surface area (Å²) in [7, 11) is 0. The summed E-state index contributed by atoms with van der Waals surface area (Å²) in [5.41, 5.74) is 1.23. The van der Waals surface area contributed by atoms with Crippen LogP contribution in [0.5, 0.6) is 0 Å².